The van der Waals surface area contributed by atoms with Crippen molar-refractivity contribution in [2.75, 3.05) is 0 Å². The van der Waals surface area contributed by atoms with Gasteiger partial charge in [-0.15, -0.1) is 12.4 Å². The Balaban J connectivity index is 0.00000133. The van der Waals surface area contributed by atoms with Crippen LogP contribution >= 0.6 is 12.4 Å². The van der Waals surface area contributed by atoms with E-state index in [-0.39, 0.29) is 18.3 Å². The predicted molar refractivity (Wildman–Crippen MR) is 78.3 cm³/mol. The molecule has 0 spiro atoms. The molecule has 3 rings (SSSR count). The van der Waals surface area contributed by atoms with Gasteiger partial charge in [-0.25, -0.2) is 0 Å². The van der Waals surface area contributed by atoms with E-state index in [4.69, 9.17) is 5.73 Å². The standard InChI is InChI=1S/C15H20N2O.ClH/c16-9-10-1-3-13(4-2-10)15(18)17-14(11-5-6-11)12-7-8-12;/h1-4,11-12,14H,5-9,16H2,(H,17,18);1H. The Kier molecular flexibility index (Phi) is 4.48. The zero-order valence-electron chi connectivity index (χ0n) is 11.0. The third-order valence-corrected chi connectivity index (χ3v) is 4.01. The fraction of sp³-hybridized carbons (Fsp3) is 0.533. The summed E-state index contributed by atoms with van der Waals surface area (Å²) >= 11 is 0. The summed E-state index contributed by atoms with van der Waals surface area (Å²) in [5.41, 5.74) is 7.36. The largest absolute Gasteiger partial charge is 0.349 e. The average molecular weight is 281 g/mol. The molecule has 0 radical (unpaired) electrons. The number of rotatable bonds is 5. The molecule has 0 bridgehead atoms. The van der Waals surface area contributed by atoms with Gasteiger partial charge in [-0.05, 0) is 55.2 Å². The maximum Gasteiger partial charge on any atom is 0.251 e. The van der Waals surface area contributed by atoms with Gasteiger partial charge in [0.25, 0.3) is 5.91 Å². The van der Waals surface area contributed by atoms with Gasteiger partial charge < -0.3 is 11.1 Å². The fourth-order valence-corrected chi connectivity index (χ4v) is 2.56. The predicted octanol–water partition coefficient (Wildman–Crippen LogP) is 2.49. The minimum absolute atomic E-state index is 0. The van der Waals surface area contributed by atoms with Crippen molar-refractivity contribution in [2.24, 2.45) is 17.6 Å². The van der Waals surface area contributed by atoms with Crippen LogP contribution in [0, 0.1) is 11.8 Å². The molecular weight excluding hydrogens is 260 g/mol. The SMILES string of the molecule is Cl.NCc1ccc(C(=O)NC(C2CC2)C2CC2)cc1. The lowest BCUT2D eigenvalue weighted by Crippen LogP contribution is -2.38. The Morgan fingerprint density at radius 2 is 1.68 bits per heavy atom. The van der Waals surface area contributed by atoms with Gasteiger partial charge in [0.15, 0.2) is 0 Å². The van der Waals surface area contributed by atoms with Crippen LogP contribution < -0.4 is 11.1 Å². The lowest BCUT2D eigenvalue weighted by Gasteiger charge is -2.17. The van der Waals surface area contributed by atoms with Crippen molar-refractivity contribution in [3.05, 3.63) is 35.4 Å². The van der Waals surface area contributed by atoms with E-state index in [1.54, 1.807) is 0 Å². The van der Waals surface area contributed by atoms with Gasteiger partial charge in [0.1, 0.15) is 0 Å². The van der Waals surface area contributed by atoms with Crippen LogP contribution in [0.2, 0.25) is 0 Å². The van der Waals surface area contributed by atoms with Crippen LogP contribution in [0.25, 0.3) is 0 Å². The second kappa shape index (κ2) is 5.93. The number of hydrogen-bond acceptors (Lipinski definition) is 2. The Labute approximate surface area is 120 Å². The molecule has 2 aliphatic carbocycles. The van der Waals surface area contributed by atoms with E-state index >= 15 is 0 Å². The van der Waals surface area contributed by atoms with Gasteiger partial charge in [-0.1, -0.05) is 12.1 Å². The van der Waals surface area contributed by atoms with Crippen molar-refractivity contribution in [3.63, 3.8) is 0 Å². The van der Waals surface area contributed by atoms with Gasteiger partial charge in [0.05, 0.1) is 0 Å². The third kappa shape index (κ3) is 3.48. The second-order valence-electron chi connectivity index (χ2n) is 5.58. The normalized spacial score (nSPS) is 18.0. The molecule has 2 saturated carbocycles. The van der Waals surface area contributed by atoms with Crippen LogP contribution in [0.3, 0.4) is 0 Å². The third-order valence-electron chi connectivity index (χ3n) is 4.01. The number of benzene rings is 1. The van der Waals surface area contributed by atoms with Gasteiger partial charge in [-0.2, -0.15) is 0 Å². The molecule has 3 N–H and O–H groups in total. The molecule has 0 aromatic heterocycles. The molecule has 4 heteroatoms. The summed E-state index contributed by atoms with van der Waals surface area (Å²) in [6.07, 6.45) is 5.14. The second-order valence-corrected chi connectivity index (χ2v) is 5.58. The van der Waals surface area contributed by atoms with Crippen LogP contribution in [0.4, 0.5) is 0 Å². The lowest BCUT2D eigenvalue weighted by atomic mass is 10.1. The molecule has 0 saturated heterocycles. The van der Waals surface area contributed by atoms with Gasteiger partial charge in [-0.3, -0.25) is 4.79 Å². The van der Waals surface area contributed by atoms with Crippen LogP contribution in [0.1, 0.15) is 41.6 Å². The number of halogens is 1. The van der Waals surface area contributed by atoms with E-state index in [0.717, 1.165) is 23.0 Å². The van der Waals surface area contributed by atoms with Crippen LogP contribution in [-0.4, -0.2) is 11.9 Å². The molecule has 1 aromatic rings. The van der Waals surface area contributed by atoms with Crippen molar-refractivity contribution in [1.82, 2.24) is 5.32 Å². The van der Waals surface area contributed by atoms with Crippen LogP contribution in [-0.2, 0) is 6.54 Å². The smallest absolute Gasteiger partial charge is 0.251 e. The maximum absolute atomic E-state index is 12.2. The number of nitrogens with one attached hydrogen (secondary N) is 1. The highest BCUT2D eigenvalue weighted by atomic mass is 35.5. The zero-order chi connectivity index (χ0) is 12.5. The quantitative estimate of drug-likeness (QED) is 0.871. The van der Waals surface area contributed by atoms with E-state index < -0.39 is 0 Å². The number of amides is 1. The number of nitrogens with two attached hydrogens (primary N) is 1. The summed E-state index contributed by atoms with van der Waals surface area (Å²) < 4.78 is 0. The first-order valence-corrected chi connectivity index (χ1v) is 6.88. The van der Waals surface area contributed by atoms with Gasteiger partial charge in [0, 0.05) is 18.2 Å². The average Bonchev–Trinajstić information content (AvgIpc) is 3.29. The molecule has 2 aliphatic rings. The highest BCUT2D eigenvalue weighted by Crippen LogP contribution is 2.44. The first-order valence-electron chi connectivity index (χ1n) is 6.88. The molecule has 2 fully saturated rings. The molecule has 104 valence electrons. The lowest BCUT2D eigenvalue weighted by molar-refractivity contribution is 0.0926. The Hall–Kier alpha value is -1.06. The van der Waals surface area contributed by atoms with Crippen LogP contribution in [0.15, 0.2) is 24.3 Å². The number of hydrogen-bond donors (Lipinski definition) is 2. The van der Waals surface area contributed by atoms with E-state index in [0.29, 0.717) is 12.6 Å². The van der Waals surface area contributed by atoms with Gasteiger partial charge >= 0.3 is 0 Å². The molecule has 19 heavy (non-hydrogen) atoms. The summed E-state index contributed by atoms with van der Waals surface area (Å²) in [6.45, 7) is 0.522. The van der Waals surface area contributed by atoms with E-state index in [2.05, 4.69) is 5.32 Å². The molecule has 0 aliphatic heterocycles. The number of carbonyl (C=O) groups is 1. The molecule has 0 unspecified atom stereocenters. The molecule has 3 nitrogen and oxygen atoms in total. The van der Waals surface area contributed by atoms with Crippen molar-refractivity contribution in [3.8, 4) is 0 Å². The van der Waals surface area contributed by atoms with E-state index in [1.165, 1.54) is 25.7 Å². The minimum atomic E-state index is 0. The Morgan fingerprint density at radius 3 is 2.11 bits per heavy atom. The summed E-state index contributed by atoms with van der Waals surface area (Å²) in [6, 6.07) is 8.02. The first-order chi connectivity index (χ1) is 8.78. The molecule has 0 heterocycles. The molecule has 0 atom stereocenters. The van der Waals surface area contributed by atoms with E-state index in [9.17, 15) is 4.79 Å². The number of carbonyl (C=O) groups excluding carboxylic acids is 1. The minimum Gasteiger partial charge on any atom is -0.349 e. The molecule has 1 amide bonds. The highest BCUT2D eigenvalue weighted by Gasteiger charge is 2.42. The monoisotopic (exact) mass is 280 g/mol. The Morgan fingerprint density at radius 1 is 1.16 bits per heavy atom. The topological polar surface area (TPSA) is 55.1 Å². The zero-order valence-corrected chi connectivity index (χ0v) is 11.8. The van der Waals surface area contributed by atoms with Crippen molar-refractivity contribution < 1.29 is 4.79 Å². The highest BCUT2D eigenvalue weighted by molar-refractivity contribution is 5.94. The van der Waals surface area contributed by atoms with Crippen LogP contribution in [0.5, 0.6) is 0 Å². The fourth-order valence-electron chi connectivity index (χ4n) is 2.56. The van der Waals surface area contributed by atoms with Crippen molar-refractivity contribution in [1.29, 1.82) is 0 Å². The summed E-state index contributed by atoms with van der Waals surface area (Å²) in [4.78, 5) is 12.2. The van der Waals surface area contributed by atoms with Crippen molar-refractivity contribution >= 4 is 18.3 Å². The summed E-state index contributed by atoms with van der Waals surface area (Å²) in [5, 5.41) is 3.22. The molecular formula is C15H21ClN2O. The summed E-state index contributed by atoms with van der Waals surface area (Å²) in [5.74, 6) is 1.55. The van der Waals surface area contributed by atoms with Gasteiger partial charge in [0.2, 0.25) is 0 Å². The summed E-state index contributed by atoms with van der Waals surface area (Å²) in [7, 11) is 0. The molecule has 1 aromatic carbocycles. The maximum atomic E-state index is 12.2. The van der Waals surface area contributed by atoms with Crippen molar-refractivity contribution in [2.45, 2.75) is 38.3 Å². The first kappa shape index (κ1) is 14.4. The Bertz CT molecular complexity index is 426. The van der Waals surface area contributed by atoms with E-state index in [1.807, 2.05) is 24.3 Å².